The number of imide groups is 1. The highest BCUT2D eigenvalue weighted by Crippen LogP contribution is 2.39. The molecule has 3 aliphatic heterocycles. The highest BCUT2D eigenvalue weighted by molar-refractivity contribution is 7.18. The Kier molecular flexibility index (Phi) is 13.2. The van der Waals surface area contributed by atoms with Crippen LogP contribution in [0.4, 0.5) is 10.2 Å². The zero-order valence-corrected chi connectivity index (χ0v) is 38.7. The lowest BCUT2D eigenvalue weighted by Gasteiger charge is -2.48. The summed E-state index contributed by atoms with van der Waals surface area (Å²) in [5.74, 6) is 1.90. The molecule has 17 heteroatoms. The quantitative estimate of drug-likeness (QED) is 0.0715. The number of ether oxygens (including phenoxy) is 3. The van der Waals surface area contributed by atoms with E-state index in [0.29, 0.717) is 97.8 Å². The molecule has 4 atom stereocenters. The molecule has 65 heavy (non-hydrogen) atoms. The largest absolute Gasteiger partial charge is 0.493 e. The van der Waals surface area contributed by atoms with Gasteiger partial charge in [-0.15, -0.1) is 0 Å². The van der Waals surface area contributed by atoms with Crippen LogP contribution >= 0.6 is 9.24 Å². The van der Waals surface area contributed by atoms with Crippen LogP contribution in [0.1, 0.15) is 70.6 Å². The summed E-state index contributed by atoms with van der Waals surface area (Å²) < 4.78 is 35.7. The number of piperazine rings is 1. The van der Waals surface area contributed by atoms with Gasteiger partial charge in [0.25, 0.3) is 11.8 Å². The molecule has 342 valence electrons. The maximum absolute atomic E-state index is 16.6. The van der Waals surface area contributed by atoms with Crippen LogP contribution in [0.5, 0.6) is 23.0 Å². The van der Waals surface area contributed by atoms with Crippen molar-refractivity contribution in [2.45, 2.75) is 63.1 Å². The van der Waals surface area contributed by atoms with E-state index in [1.54, 1.807) is 43.2 Å². The molecule has 0 saturated carbocycles. The Labute approximate surface area is 380 Å². The monoisotopic (exact) mass is 906 g/mol. The van der Waals surface area contributed by atoms with Crippen LogP contribution in [-0.2, 0) is 35.1 Å². The molecule has 3 aromatic carbocycles. The van der Waals surface area contributed by atoms with Crippen molar-refractivity contribution >= 4 is 50.0 Å². The van der Waals surface area contributed by atoms with Crippen LogP contribution in [0.15, 0.2) is 72.9 Å². The number of methoxy groups -OCH3 is 1. The van der Waals surface area contributed by atoms with E-state index in [1.807, 2.05) is 74.3 Å². The number of alkyl halides is 1. The second-order valence-corrected chi connectivity index (χ2v) is 18.1. The Bertz CT molecular complexity index is 2600. The molecule has 2 aromatic heterocycles. The summed E-state index contributed by atoms with van der Waals surface area (Å²) in [6.07, 6.45) is 3.61. The van der Waals surface area contributed by atoms with E-state index in [1.165, 1.54) is 4.90 Å². The molecule has 5 aromatic rings. The Hall–Kier alpha value is -5.96. The number of amides is 3. The van der Waals surface area contributed by atoms with Gasteiger partial charge in [0.15, 0.2) is 16.9 Å². The number of piperidine rings is 1. The number of hydrogen-bond donors (Lipinski definition) is 1. The van der Waals surface area contributed by atoms with Crippen molar-refractivity contribution in [3.05, 3.63) is 101 Å². The van der Waals surface area contributed by atoms with Crippen molar-refractivity contribution in [3.63, 3.8) is 0 Å². The van der Waals surface area contributed by atoms with Gasteiger partial charge in [-0.25, -0.2) is 9.37 Å². The Morgan fingerprint density at radius 2 is 1.71 bits per heavy atom. The average Bonchev–Trinajstić information content (AvgIpc) is 3.77. The lowest BCUT2D eigenvalue weighted by molar-refractivity contribution is -0.126. The molecule has 0 radical (unpaired) electrons. The number of anilines is 1. The first-order chi connectivity index (χ1) is 31.3. The van der Waals surface area contributed by atoms with Crippen molar-refractivity contribution in [1.82, 2.24) is 34.8 Å². The van der Waals surface area contributed by atoms with E-state index < -0.39 is 10.8 Å². The topological polar surface area (TPSA) is 152 Å². The van der Waals surface area contributed by atoms with Crippen LogP contribution in [0.3, 0.4) is 0 Å². The summed E-state index contributed by atoms with van der Waals surface area (Å²) in [4.78, 5) is 63.9. The van der Waals surface area contributed by atoms with E-state index in [0.717, 1.165) is 34.9 Å². The first-order valence-corrected chi connectivity index (χ1v) is 22.6. The maximum atomic E-state index is 16.6. The molecule has 3 amide bonds. The zero-order chi connectivity index (χ0) is 46.0. The number of fused-ring (bicyclic) bond motifs is 2. The van der Waals surface area contributed by atoms with Gasteiger partial charge in [0.1, 0.15) is 23.6 Å². The molecular weight excluding hydrogens is 851 g/mol. The zero-order valence-electron chi connectivity index (χ0n) is 37.5. The predicted octanol–water partition coefficient (Wildman–Crippen LogP) is 5.88. The fourth-order valence-electron chi connectivity index (χ4n) is 9.53. The molecule has 0 spiro atoms. The van der Waals surface area contributed by atoms with Gasteiger partial charge in [-0.3, -0.25) is 33.8 Å². The smallest absolute Gasteiger partial charge is 0.265 e. The maximum Gasteiger partial charge on any atom is 0.265 e. The number of halogens is 1. The number of carbonyl (C=O) groups is 4. The summed E-state index contributed by atoms with van der Waals surface area (Å²) in [7, 11) is 7.46. The number of benzene rings is 3. The lowest BCUT2D eigenvalue weighted by Crippen LogP contribution is -2.61. The van der Waals surface area contributed by atoms with E-state index in [2.05, 4.69) is 29.3 Å². The van der Waals surface area contributed by atoms with Gasteiger partial charge in [0.2, 0.25) is 5.91 Å². The van der Waals surface area contributed by atoms with Crippen LogP contribution < -0.4 is 24.4 Å². The average molecular weight is 907 g/mol. The number of likely N-dealkylation sites (N-methyl/N-ethyl adjacent to an activating group) is 1. The number of nitrogens with one attached hydrogen (secondary N) is 1. The van der Waals surface area contributed by atoms with E-state index in [9.17, 15) is 19.2 Å². The van der Waals surface area contributed by atoms with Gasteiger partial charge < -0.3 is 29.2 Å². The third-order valence-electron chi connectivity index (χ3n) is 12.9. The molecular formula is C48H56FN8O7P. The molecule has 3 aliphatic rings. The lowest BCUT2D eigenvalue weighted by atomic mass is 9.80. The number of likely N-dealkylation sites (tertiary alicyclic amines) is 1. The normalized spacial score (nSPS) is 20.1. The molecule has 8 rings (SSSR count). The van der Waals surface area contributed by atoms with Crippen molar-refractivity contribution < 1.29 is 37.8 Å². The highest BCUT2D eigenvalue weighted by atomic mass is 31.0. The molecule has 0 bridgehead atoms. The molecule has 15 nitrogen and oxygen atoms in total. The Morgan fingerprint density at radius 1 is 0.969 bits per heavy atom. The van der Waals surface area contributed by atoms with Crippen LogP contribution in [0.25, 0.3) is 10.9 Å². The van der Waals surface area contributed by atoms with Gasteiger partial charge in [0, 0.05) is 90.0 Å². The second kappa shape index (κ2) is 18.9. The van der Waals surface area contributed by atoms with Crippen molar-refractivity contribution in [3.8, 4) is 23.0 Å². The predicted molar refractivity (Wildman–Crippen MR) is 248 cm³/mol. The minimum atomic E-state index is -1.54. The molecule has 2 fully saturated rings. The van der Waals surface area contributed by atoms with Crippen molar-refractivity contribution in [1.29, 1.82) is 0 Å². The van der Waals surface area contributed by atoms with Gasteiger partial charge >= 0.3 is 0 Å². The Morgan fingerprint density at radius 3 is 2.40 bits per heavy atom. The minimum Gasteiger partial charge on any atom is -0.493 e. The first kappa shape index (κ1) is 45.6. The van der Waals surface area contributed by atoms with E-state index >= 15 is 4.39 Å². The summed E-state index contributed by atoms with van der Waals surface area (Å²) >= 11 is 0. The fourth-order valence-corrected chi connectivity index (χ4v) is 10.2. The molecule has 2 saturated heterocycles. The number of aromatic nitrogens is 3. The number of nitrogens with zero attached hydrogens (tertiary/aromatic N) is 7. The number of aldehydes is 1. The number of rotatable bonds is 16. The molecule has 4 unspecified atom stereocenters. The number of carbonyl (C=O) groups excluding carboxylic acids is 4. The van der Waals surface area contributed by atoms with Crippen LogP contribution in [0.2, 0.25) is 0 Å². The summed E-state index contributed by atoms with van der Waals surface area (Å²) in [6, 6.07) is 20.1. The van der Waals surface area contributed by atoms with E-state index in [-0.39, 0.29) is 43.3 Å². The molecule has 1 N–H and O–H groups in total. The SMILES string of the molecule is CCOc1cc(CN2C(=O)c3ccnc(N4CCN(C5CCN(Cc6ccc(Oc7ccc8c(C(C)(CCC=O)C(=O)NC)nn(C)c8c7)cc6)CC5(F)P)CC4)c3C2=O)ccc1OC. The molecule has 5 heterocycles. The third kappa shape index (κ3) is 9.03. The third-order valence-corrected chi connectivity index (χ3v) is 13.5. The first-order valence-electron chi connectivity index (χ1n) is 22.0. The van der Waals surface area contributed by atoms with Gasteiger partial charge in [-0.1, -0.05) is 27.4 Å². The van der Waals surface area contributed by atoms with Crippen LogP contribution in [-0.4, -0.2) is 125 Å². The standard InChI is InChI=1S/C48H56FN8O7P/c1-6-63-39-26-32(10-15-38(39)62-5)29-57-44(59)36-16-19-51-43(41(36)45(57)60)56-23-21-55(22-24-56)40-17-20-54(30-48(40,49)65)28-31-8-11-33(12-9-31)64-34-13-14-35-37(27-34)53(4)52-42(35)47(2,18-7-25-58)46(61)50-3/h8-16,19,25-27,40H,6-7,17-18,20-24,28-30,65H2,1-5H3,(H,50,61). The summed E-state index contributed by atoms with van der Waals surface area (Å²) in [6.45, 7) is 8.01. The van der Waals surface area contributed by atoms with Gasteiger partial charge in [-0.2, -0.15) is 5.10 Å². The van der Waals surface area contributed by atoms with Crippen LogP contribution in [0, 0.1) is 0 Å². The fraction of sp³-hybridized carbons (Fsp3) is 0.417. The van der Waals surface area contributed by atoms with Crippen molar-refractivity contribution in [2.75, 3.05) is 64.9 Å². The number of aryl methyl sites for hydroxylation is 1. The van der Waals surface area contributed by atoms with Crippen molar-refractivity contribution in [2.24, 2.45) is 7.05 Å². The summed E-state index contributed by atoms with van der Waals surface area (Å²) in [5.41, 5.74) is 2.83. The van der Waals surface area contributed by atoms with Gasteiger partial charge in [0.05, 0.1) is 48.0 Å². The van der Waals surface area contributed by atoms with Gasteiger partial charge in [-0.05, 0) is 80.3 Å². The number of pyridine rings is 1. The molecule has 0 aliphatic carbocycles. The summed E-state index contributed by atoms with van der Waals surface area (Å²) in [5, 5.41) is 6.71. The minimum absolute atomic E-state index is 0.0796. The van der Waals surface area contributed by atoms with E-state index in [4.69, 9.17) is 19.3 Å². The Balaban J connectivity index is 0.857. The highest BCUT2D eigenvalue weighted by Gasteiger charge is 2.45. The second-order valence-electron chi connectivity index (χ2n) is 17.2. The number of hydrogen-bond acceptors (Lipinski definition) is 12.